The normalized spacial score (nSPS) is 11.1. The largest absolute Gasteiger partial charge is 0.491 e. The van der Waals surface area contributed by atoms with Crippen LogP contribution in [0.5, 0.6) is 5.75 Å². The van der Waals surface area contributed by atoms with E-state index in [0.717, 1.165) is 0 Å². The second-order valence-corrected chi connectivity index (χ2v) is 9.44. The van der Waals surface area contributed by atoms with Crippen molar-refractivity contribution < 1.29 is 38.1 Å². The van der Waals surface area contributed by atoms with Crippen LogP contribution in [0.1, 0.15) is 53.2 Å². The van der Waals surface area contributed by atoms with Crippen molar-refractivity contribution >= 4 is 40.9 Å². The Kier molecular flexibility index (Phi) is 12.7. The van der Waals surface area contributed by atoms with Crippen LogP contribution in [-0.2, 0) is 32.1 Å². The van der Waals surface area contributed by atoms with Crippen LogP contribution in [0.25, 0.3) is 11.0 Å². The quantitative estimate of drug-likeness (QED) is 0.116. The number of ether oxygens (including phenoxy) is 4. The van der Waals surface area contributed by atoms with Crippen LogP contribution in [0.4, 0.5) is 10.7 Å². The molecule has 0 fully saturated rings. The molecule has 0 atom stereocenters. The van der Waals surface area contributed by atoms with Gasteiger partial charge >= 0.3 is 12.1 Å². The number of benzene rings is 1. The number of hydrogen-bond donors (Lipinski definition) is 3. The Morgan fingerprint density at radius 1 is 1.07 bits per heavy atom. The summed E-state index contributed by atoms with van der Waals surface area (Å²) in [6.45, 7) is 7.09. The van der Waals surface area contributed by atoms with Crippen molar-refractivity contribution in [2.24, 2.45) is 5.73 Å². The van der Waals surface area contributed by atoms with Gasteiger partial charge in [-0.2, -0.15) is 5.10 Å². The summed E-state index contributed by atoms with van der Waals surface area (Å²) in [6.07, 6.45) is 3.35. The molecule has 1 aromatic carbocycles. The number of esters is 1. The number of primary amides is 1. The van der Waals surface area contributed by atoms with Gasteiger partial charge in [0.15, 0.2) is 0 Å². The predicted molar refractivity (Wildman–Crippen MR) is 161 cm³/mol. The number of anilines is 1. The lowest BCUT2D eigenvalue weighted by Crippen LogP contribution is -2.27. The van der Waals surface area contributed by atoms with Gasteiger partial charge in [-0.15, -0.1) is 0 Å². The van der Waals surface area contributed by atoms with E-state index in [1.54, 1.807) is 36.3 Å². The summed E-state index contributed by atoms with van der Waals surface area (Å²) in [5.74, 6) is -0.965. The number of aromatic nitrogens is 4. The molecule has 44 heavy (non-hydrogen) atoms. The molecule has 0 radical (unpaired) electrons. The molecule has 15 nitrogen and oxygen atoms in total. The van der Waals surface area contributed by atoms with E-state index < -0.39 is 23.9 Å². The first-order valence-electron chi connectivity index (χ1n) is 14.2. The number of nitrogens with zero attached hydrogens (tertiary/aromatic N) is 4. The maximum absolute atomic E-state index is 13.3. The van der Waals surface area contributed by atoms with Crippen LogP contribution in [0.15, 0.2) is 30.4 Å². The number of allylic oxidation sites excluding steroid dienone is 1. The van der Waals surface area contributed by atoms with E-state index in [-0.39, 0.29) is 44.3 Å². The summed E-state index contributed by atoms with van der Waals surface area (Å²) < 4.78 is 24.4. The van der Waals surface area contributed by atoms with Crippen molar-refractivity contribution in [3.63, 3.8) is 0 Å². The number of aryl methyl sites for hydroxylation is 2. The smallest absolute Gasteiger partial charge is 0.407 e. The standard InChI is InChI=1S/C29H39N7O8/c1-5-36-22(16-19(3)34-36)27(39)33-28-32-21-17-20(26(30)38)18-23(25(21)35(28)12-7-8-13-41-4)43-14-9-15-44-29(40)31-11-10-24(37)42-6-2/h7-8,16-18H,5-6,9-15H2,1-4H3,(H2,30,38)(H,31,40)(H,32,33,39)/b8-7+. The number of amides is 3. The first-order chi connectivity index (χ1) is 21.2. The van der Waals surface area contributed by atoms with E-state index in [1.807, 2.05) is 19.1 Å². The number of fused-ring (bicyclic) bond motifs is 1. The Balaban J connectivity index is 1.80. The van der Waals surface area contributed by atoms with E-state index in [9.17, 15) is 19.2 Å². The van der Waals surface area contributed by atoms with Crippen LogP contribution < -0.4 is 21.1 Å². The predicted octanol–water partition coefficient (Wildman–Crippen LogP) is 2.56. The molecule has 3 rings (SSSR count). The number of methoxy groups -OCH3 is 1. The maximum atomic E-state index is 13.3. The molecule has 4 N–H and O–H groups in total. The Labute approximate surface area is 254 Å². The summed E-state index contributed by atoms with van der Waals surface area (Å²) in [5.41, 5.74) is 7.72. The molecule has 3 aromatic rings. The lowest BCUT2D eigenvalue weighted by Gasteiger charge is -2.13. The fourth-order valence-corrected chi connectivity index (χ4v) is 4.19. The third kappa shape index (κ3) is 9.29. The van der Waals surface area contributed by atoms with Gasteiger partial charge in [-0.05, 0) is 39.0 Å². The number of alkyl carbamates (subject to hydrolysis) is 1. The van der Waals surface area contributed by atoms with Gasteiger partial charge in [0.25, 0.3) is 5.91 Å². The molecular weight excluding hydrogens is 574 g/mol. The fraction of sp³-hybridized carbons (Fsp3) is 0.448. The summed E-state index contributed by atoms with van der Waals surface area (Å²) in [5, 5.41) is 9.68. The summed E-state index contributed by atoms with van der Waals surface area (Å²) in [7, 11) is 1.58. The van der Waals surface area contributed by atoms with Crippen LogP contribution in [0.3, 0.4) is 0 Å². The van der Waals surface area contributed by atoms with Crippen molar-refractivity contribution in [1.29, 1.82) is 0 Å². The van der Waals surface area contributed by atoms with Crippen LogP contribution >= 0.6 is 0 Å². The summed E-state index contributed by atoms with van der Waals surface area (Å²) in [6, 6.07) is 4.72. The van der Waals surface area contributed by atoms with E-state index in [0.29, 0.717) is 54.3 Å². The lowest BCUT2D eigenvalue weighted by atomic mass is 10.1. The zero-order chi connectivity index (χ0) is 32.1. The van der Waals surface area contributed by atoms with Gasteiger partial charge in [-0.1, -0.05) is 12.2 Å². The molecule has 0 aliphatic carbocycles. The Hall–Kier alpha value is -4.92. The van der Waals surface area contributed by atoms with Gasteiger partial charge in [0, 0.05) is 38.7 Å². The van der Waals surface area contributed by atoms with Crippen LogP contribution in [0.2, 0.25) is 0 Å². The molecule has 15 heteroatoms. The zero-order valence-electron chi connectivity index (χ0n) is 25.4. The molecule has 0 aliphatic heterocycles. The summed E-state index contributed by atoms with van der Waals surface area (Å²) in [4.78, 5) is 53.2. The van der Waals surface area contributed by atoms with Crippen molar-refractivity contribution in [2.75, 3.05) is 45.4 Å². The van der Waals surface area contributed by atoms with Gasteiger partial charge in [0.1, 0.15) is 17.0 Å². The Morgan fingerprint density at radius 2 is 1.86 bits per heavy atom. The Morgan fingerprint density at radius 3 is 2.57 bits per heavy atom. The van der Waals surface area contributed by atoms with E-state index in [1.165, 1.54) is 12.1 Å². The van der Waals surface area contributed by atoms with E-state index >= 15 is 0 Å². The van der Waals surface area contributed by atoms with Crippen molar-refractivity contribution in [2.45, 2.75) is 46.7 Å². The molecule has 0 saturated heterocycles. The first kappa shape index (κ1) is 33.6. The van der Waals surface area contributed by atoms with Crippen molar-refractivity contribution in [3.05, 3.63) is 47.3 Å². The van der Waals surface area contributed by atoms with Crippen LogP contribution in [0, 0.1) is 6.92 Å². The Bertz CT molecular complexity index is 1490. The molecule has 0 spiro atoms. The second-order valence-electron chi connectivity index (χ2n) is 9.44. The molecule has 0 aliphatic rings. The average Bonchev–Trinajstić information content (AvgIpc) is 3.54. The first-order valence-corrected chi connectivity index (χ1v) is 14.2. The highest BCUT2D eigenvalue weighted by Crippen LogP contribution is 2.31. The SMILES string of the molecule is CCOC(=O)CCNC(=O)OCCCOc1cc(C(N)=O)cc2nc(NC(=O)c3cc(C)nn3CC)n(C/C=C/COC)c12. The van der Waals surface area contributed by atoms with Gasteiger partial charge in [0.2, 0.25) is 11.9 Å². The third-order valence-corrected chi connectivity index (χ3v) is 6.15. The number of carbonyl (C=O) groups excluding carboxylic acids is 4. The second kappa shape index (κ2) is 16.6. The monoisotopic (exact) mass is 613 g/mol. The summed E-state index contributed by atoms with van der Waals surface area (Å²) >= 11 is 0. The minimum atomic E-state index is -0.679. The number of carbonyl (C=O) groups is 4. The fourth-order valence-electron chi connectivity index (χ4n) is 4.19. The van der Waals surface area contributed by atoms with Crippen LogP contribution in [-0.4, -0.2) is 83.3 Å². The average molecular weight is 614 g/mol. The highest BCUT2D eigenvalue weighted by atomic mass is 16.6. The molecule has 3 amide bonds. The van der Waals surface area contributed by atoms with Gasteiger partial charge in [0.05, 0.1) is 44.1 Å². The number of nitrogens with two attached hydrogens (primary N) is 1. The zero-order valence-corrected chi connectivity index (χ0v) is 25.4. The highest BCUT2D eigenvalue weighted by Gasteiger charge is 2.21. The van der Waals surface area contributed by atoms with Crippen molar-refractivity contribution in [3.8, 4) is 5.75 Å². The third-order valence-electron chi connectivity index (χ3n) is 6.15. The molecule has 0 bridgehead atoms. The molecule has 0 saturated carbocycles. The molecule has 238 valence electrons. The minimum absolute atomic E-state index is 0.0365. The lowest BCUT2D eigenvalue weighted by molar-refractivity contribution is -0.142. The number of hydrogen-bond acceptors (Lipinski definition) is 10. The van der Waals surface area contributed by atoms with E-state index in [4.69, 9.17) is 24.7 Å². The van der Waals surface area contributed by atoms with Gasteiger partial charge in [-0.25, -0.2) is 9.78 Å². The number of imidazole rings is 1. The molecule has 0 unspecified atom stereocenters. The van der Waals surface area contributed by atoms with Gasteiger partial charge in [-0.3, -0.25) is 24.4 Å². The minimum Gasteiger partial charge on any atom is -0.491 e. The number of nitrogens with one attached hydrogen (secondary N) is 2. The molecular formula is C29H39N7O8. The van der Waals surface area contributed by atoms with Gasteiger partial charge < -0.3 is 34.6 Å². The molecule has 2 aromatic heterocycles. The van der Waals surface area contributed by atoms with E-state index in [2.05, 4.69) is 20.7 Å². The molecule has 2 heterocycles. The van der Waals surface area contributed by atoms with Crippen molar-refractivity contribution in [1.82, 2.24) is 24.6 Å². The highest BCUT2D eigenvalue weighted by molar-refractivity contribution is 6.04. The number of rotatable bonds is 17. The maximum Gasteiger partial charge on any atom is 0.407 e. The topological polar surface area (TPSA) is 191 Å².